The van der Waals surface area contributed by atoms with Crippen LogP contribution in [0.15, 0.2) is 71.7 Å². The Labute approximate surface area is 235 Å². The molecule has 39 heavy (non-hydrogen) atoms. The van der Waals surface area contributed by atoms with Gasteiger partial charge >= 0.3 is 0 Å². The molecule has 0 bridgehead atoms. The highest BCUT2D eigenvalue weighted by molar-refractivity contribution is 6.31. The van der Waals surface area contributed by atoms with E-state index < -0.39 is 6.04 Å². The van der Waals surface area contributed by atoms with Crippen LogP contribution in [0.3, 0.4) is 0 Å². The summed E-state index contributed by atoms with van der Waals surface area (Å²) in [6.07, 6.45) is 3.25. The Morgan fingerprint density at radius 3 is 2.56 bits per heavy atom. The van der Waals surface area contributed by atoms with Crippen molar-refractivity contribution < 1.29 is 9.59 Å². The number of Topliss-reactive ketones (excluding diaryl/α,β-unsaturated/α-hetero) is 1. The minimum Gasteiger partial charge on any atom is -0.370 e. The second-order valence-corrected chi connectivity index (χ2v) is 10.7. The number of nitrogens with two attached hydrogens (primary N) is 2. The van der Waals surface area contributed by atoms with Gasteiger partial charge in [0.25, 0.3) is 0 Å². The Morgan fingerprint density at radius 1 is 1.08 bits per heavy atom. The summed E-state index contributed by atoms with van der Waals surface area (Å²) >= 11 is 6.10. The molecule has 7 nitrogen and oxygen atoms in total. The first-order valence-electron chi connectivity index (χ1n) is 13.7. The molecule has 0 aromatic heterocycles. The van der Waals surface area contributed by atoms with E-state index in [1.54, 1.807) is 0 Å². The van der Waals surface area contributed by atoms with Gasteiger partial charge in [-0.25, -0.2) is 0 Å². The summed E-state index contributed by atoms with van der Waals surface area (Å²) in [5, 5.41) is 6.20. The van der Waals surface area contributed by atoms with Gasteiger partial charge in [0.1, 0.15) is 0 Å². The van der Waals surface area contributed by atoms with Crippen LogP contribution < -0.4 is 16.8 Å². The molecule has 8 heteroatoms. The summed E-state index contributed by atoms with van der Waals surface area (Å²) in [5.41, 5.74) is 13.0. The number of amides is 1. The molecule has 1 fully saturated rings. The topological polar surface area (TPSA) is 114 Å². The fourth-order valence-electron chi connectivity index (χ4n) is 5.32. The molecular formula is C31H38ClN5O2. The normalized spacial score (nSPS) is 18.5. The first-order valence-corrected chi connectivity index (χ1v) is 14.1. The van der Waals surface area contributed by atoms with Gasteiger partial charge in [-0.1, -0.05) is 67.1 Å². The van der Waals surface area contributed by atoms with Crippen LogP contribution in [0, 0.1) is 0 Å². The maximum Gasteiger partial charge on any atom is 0.239 e. The van der Waals surface area contributed by atoms with Gasteiger partial charge in [0.05, 0.1) is 6.04 Å². The maximum atomic E-state index is 13.6. The average molecular weight is 548 g/mol. The standard InChI is InChI=1S/C31H38ClN5O2/c1-2-21(22-6-4-3-5-7-22)20-37-17-15-27(36-28(30(37)39)14-16-35-31(33)34)12-13-29(38)25-9-8-24-19-26(32)11-10-23(24)18-25/h3-11,18-19,21,27-28,36H,2,12-17,20H2,1H3,(H4,33,34,35)/t21-,27-,28+/m1/s1. The Hall–Kier alpha value is -3.42. The number of hydrogen-bond acceptors (Lipinski definition) is 4. The number of halogens is 1. The van der Waals surface area contributed by atoms with Gasteiger partial charge in [0.15, 0.2) is 11.7 Å². The molecule has 206 valence electrons. The lowest BCUT2D eigenvalue weighted by molar-refractivity contribution is -0.133. The zero-order valence-electron chi connectivity index (χ0n) is 22.5. The van der Waals surface area contributed by atoms with Gasteiger partial charge in [0.2, 0.25) is 5.91 Å². The van der Waals surface area contributed by atoms with Crippen molar-refractivity contribution in [1.29, 1.82) is 0 Å². The lowest BCUT2D eigenvalue weighted by atomic mass is 9.95. The van der Waals surface area contributed by atoms with Crippen molar-refractivity contribution in [3.8, 4) is 0 Å². The van der Waals surface area contributed by atoms with Crippen molar-refractivity contribution in [3.05, 3.63) is 82.9 Å². The van der Waals surface area contributed by atoms with Crippen LogP contribution in [0.4, 0.5) is 0 Å². The number of guanidine groups is 1. The van der Waals surface area contributed by atoms with Crippen LogP contribution in [0.25, 0.3) is 10.8 Å². The van der Waals surface area contributed by atoms with Gasteiger partial charge in [-0.2, -0.15) is 0 Å². The molecule has 1 amide bonds. The Balaban J connectivity index is 1.44. The van der Waals surface area contributed by atoms with Crippen LogP contribution in [0.1, 0.15) is 60.9 Å². The van der Waals surface area contributed by atoms with Crippen LogP contribution in [-0.2, 0) is 4.79 Å². The highest BCUT2D eigenvalue weighted by atomic mass is 35.5. The lowest BCUT2D eigenvalue weighted by Crippen LogP contribution is -2.47. The van der Waals surface area contributed by atoms with Crippen molar-refractivity contribution in [2.45, 2.75) is 57.0 Å². The largest absolute Gasteiger partial charge is 0.370 e. The zero-order valence-corrected chi connectivity index (χ0v) is 23.2. The third-order valence-corrected chi connectivity index (χ3v) is 7.79. The van der Waals surface area contributed by atoms with Crippen molar-refractivity contribution in [2.24, 2.45) is 16.5 Å². The van der Waals surface area contributed by atoms with Gasteiger partial charge in [0, 0.05) is 48.6 Å². The van der Waals surface area contributed by atoms with Crippen molar-refractivity contribution in [1.82, 2.24) is 10.2 Å². The van der Waals surface area contributed by atoms with E-state index in [-0.39, 0.29) is 29.6 Å². The number of nitrogens with one attached hydrogen (secondary N) is 1. The highest BCUT2D eigenvalue weighted by Crippen LogP contribution is 2.24. The molecule has 3 aromatic rings. The molecule has 0 aliphatic carbocycles. The summed E-state index contributed by atoms with van der Waals surface area (Å²) in [4.78, 5) is 32.8. The predicted molar refractivity (Wildman–Crippen MR) is 159 cm³/mol. The van der Waals surface area contributed by atoms with Crippen molar-refractivity contribution in [2.75, 3.05) is 19.6 Å². The third-order valence-electron chi connectivity index (χ3n) is 7.55. The van der Waals surface area contributed by atoms with Gasteiger partial charge < -0.3 is 21.7 Å². The Morgan fingerprint density at radius 2 is 1.82 bits per heavy atom. The summed E-state index contributed by atoms with van der Waals surface area (Å²) in [7, 11) is 0. The molecule has 3 aromatic carbocycles. The molecule has 1 aliphatic heterocycles. The van der Waals surface area contributed by atoms with E-state index in [2.05, 4.69) is 29.4 Å². The summed E-state index contributed by atoms with van der Waals surface area (Å²) in [5.74, 6) is 0.433. The molecule has 5 N–H and O–H groups in total. The second-order valence-electron chi connectivity index (χ2n) is 10.3. The maximum absolute atomic E-state index is 13.6. The minimum atomic E-state index is -0.408. The Bertz CT molecular complexity index is 1310. The SMILES string of the molecule is CC[C@H](CN1CC[C@@H](CCC(=O)c2ccc3cc(Cl)ccc3c2)N[C@@H](CCN=C(N)N)C1=O)c1ccccc1. The summed E-state index contributed by atoms with van der Waals surface area (Å²) in [6, 6.07) is 21.3. The number of benzene rings is 3. The molecule has 3 atom stereocenters. The minimum absolute atomic E-state index is 0.0165. The first-order chi connectivity index (χ1) is 18.8. The number of ketones is 1. The monoisotopic (exact) mass is 547 g/mol. The number of carbonyl (C=O) groups excluding carboxylic acids is 2. The summed E-state index contributed by atoms with van der Waals surface area (Å²) in [6.45, 7) is 3.82. The molecule has 1 saturated heterocycles. The fraction of sp³-hybridized carbons (Fsp3) is 0.387. The number of rotatable bonds is 11. The van der Waals surface area contributed by atoms with Gasteiger partial charge in [-0.3, -0.25) is 14.6 Å². The van der Waals surface area contributed by atoms with Crippen molar-refractivity contribution in [3.63, 3.8) is 0 Å². The average Bonchev–Trinajstić information content (AvgIpc) is 3.08. The van der Waals surface area contributed by atoms with Crippen LogP contribution >= 0.6 is 11.6 Å². The first kappa shape index (κ1) is 28.6. The van der Waals surface area contributed by atoms with Crippen LogP contribution in [0.2, 0.25) is 5.02 Å². The molecule has 0 unspecified atom stereocenters. The summed E-state index contributed by atoms with van der Waals surface area (Å²) < 4.78 is 0. The van der Waals surface area contributed by atoms with E-state index in [4.69, 9.17) is 23.1 Å². The number of fused-ring (bicyclic) bond motifs is 1. The molecule has 1 aliphatic rings. The van der Waals surface area contributed by atoms with Gasteiger partial charge in [-0.05, 0) is 60.2 Å². The van der Waals surface area contributed by atoms with E-state index >= 15 is 0 Å². The molecule has 0 radical (unpaired) electrons. The molecule has 0 spiro atoms. The van der Waals surface area contributed by atoms with E-state index in [9.17, 15) is 9.59 Å². The molecular weight excluding hydrogens is 510 g/mol. The van der Waals surface area contributed by atoms with Crippen LogP contribution in [0.5, 0.6) is 0 Å². The van der Waals surface area contributed by atoms with Gasteiger partial charge in [-0.15, -0.1) is 0 Å². The smallest absolute Gasteiger partial charge is 0.239 e. The predicted octanol–water partition coefficient (Wildman–Crippen LogP) is 4.87. The number of aliphatic imine (C=N–C) groups is 1. The lowest BCUT2D eigenvalue weighted by Gasteiger charge is -2.28. The zero-order chi connectivity index (χ0) is 27.8. The van der Waals surface area contributed by atoms with E-state index in [0.29, 0.717) is 49.5 Å². The quantitative estimate of drug-likeness (QED) is 0.180. The fourth-order valence-corrected chi connectivity index (χ4v) is 5.50. The van der Waals surface area contributed by atoms with Crippen molar-refractivity contribution >= 4 is 40.0 Å². The van der Waals surface area contributed by atoms with E-state index in [1.165, 1.54) is 5.56 Å². The van der Waals surface area contributed by atoms with Crippen LogP contribution in [-0.4, -0.2) is 54.3 Å². The Kier molecular flexibility index (Phi) is 9.96. The van der Waals surface area contributed by atoms with E-state index in [0.717, 1.165) is 23.6 Å². The highest BCUT2D eigenvalue weighted by Gasteiger charge is 2.32. The third kappa shape index (κ3) is 7.80. The molecule has 1 heterocycles. The van der Waals surface area contributed by atoms with E-state index in [1.807, 2.05) is 59.5 Å². The molecule has 0 saturated carbocycles. The second kappa shape index (κ2) is 13.6. The molecule has 4 rings (SSSR count). The number of carbonyl (C=O) groups is 2. The number of nitrogens with zero attached hydrogens (tertiary/aromatic N) is 2. The number of hydrogen-bond donors (Lipinski definition) is 3.